The number of esters is 1. The van der Waals surface area contributed by atoms with Gasteiger partial charge in [0.1, 0.15) is 11.2 Å². The second-order valence-corrected chi connectivity index (χ2v) is 7.13. The molecule has 0 saturated carbocycles. The molecule has 9 heteroatoms. The molecule has 1 heterocycles. The van der Waals surface area contributed by atoms with Gasteiger partial charge >= 0.3 is 12.1 Å². The average Bonchev–Trinajstić information content (AvgIpc) is 2.60. The molecule has 0 aromatic heterocycles. The van der Waals surface area contributed by atoms with E-state index >= 15 is 0 Å². The highest BCUT2D eigenvalue weighted by Crippen LogP contribution is 2.27. The lowest BCUT2D eigenvalue weighted by molar-refractivity contribution is -0.385. The van der Waals surface area contributed by atoms with Gasteiger partial charge < -0.3 is 19.3 Å². The third-order valence-electron chi connectivity index (χ3n) is 3.97. The van der Waals surface area contributed by atoms with Gasteiger partial charge in [-0.2, -0.15) is 0 Å². The van der Waals surface area contributed by atoms with E-state index in [2.05, 4.69) is 0 Å². The number of carbonyl (C=O) groups excluding carboxylic acids is 2. The largest absolute Gasteiger partial charge is 0.462 e. The molecule has 27 heavy (non-hydrogen) atoms. The van der Waals surface area contributed by atoms with Gasteiger partial charge in [-0.25, -0.2) is 9.59 Å². The van der Waals surface area contributed by atoms with Gasteiger partial charge in [0.05, 0.1) is 11.5 Å². The molecular weight excluding hydrogens is 354 g/mol. The van der Waals surface area contributed by atoms with Gasteiger partial charge in [-0.3, -0.25) is 10.1 Å². The topological polar surface area (TPSA) is 102 Å². The zero-order valence-electron chi connectivity index (χ0n) is 16.1. The van der Waals surface area contributed by atoms with Crippen LogP contribution < -0.4 is 4.90 Å². The van der Waals surface area contributed by atoms with Crippen molar-refractivity contribution in [2.45, 2.75) is 33.3 Å². The van der Waals surface area contributed by atoms with Crippen LogP contribution in [0, 0.1) is 10.1 Å². The molecule has 0 bridgehead atoms. The quantitative estimate of drug-likeness (QED) is 0.450. The van der Waals surface area contributed by atoms with Crippen molar-refractivity contribution in [2.75, 3.05) is 37.7 Å². The van der Waals surface area contributed by atoms with Crippen molar-refractivity contribution in [2.24, 2.45) is 0 Å². The highest BCUT2D eigenvalue weighted by atomic mass is 16.6. The molecule has 2 rings (SSSR count). The first kappa shape index (κ1) is 20.5. The molecule has 0 N–H and O–H groups in total. The summed E-state index contributed by atoms with van der Waals surface area (Å²) in [5, 5.41) is 11.2. The van der Waals surface area contributed by atoms with E-state index in [1.54, 1.807) is 17.9 Å². The Morgan fingerprint density at radius 1 is 1.19 bits per heavy atom. The maximum Gasteiger partial charge on any atom is 0.410 e. The number of rotatable bonds is 4. The summed E-state index contributed by atoms with van der Waals surface area (Å²) < 4.78 is 10.3. The third kappa shape index (κ3) is 5.32. The fourth-order valence-electron chi connectivity index (χ4n) is 2.73. The highest BCUT2D eigenvalue weighted by Gasteiger charge is 2.28. The van der Waals surface area contributed by atoms with Crippen LogP contribution in [0.15, 0.2) is 18.2 Å². The summed E-state index contributed by atoms with van der Waals surface area (Å²) in [5.41, 5.74) is -0.243. The molecule has 1 aromatic rings. The minimum absolute atomic E-state index is 0.0751. The molecule has 1 aliphatic heterocycles. The number of nitro groups is 1. The standard InChI is InChI=1S/C18H25N3O6/c1-5-26-16(22)14-12-13(6-7-15(14)21(24)25)19-8-10-20(11-9-19)17(23)27-18(2,3)4/h6-7,12H,5,8-11H2,1-4H3. The molecule has 0 unspecified atom stereocenters. The molecule has 0 atom stereocenters. The van der Waals surface area contributed by atoms with Crippen LogP contribution in [0.5, 0.6) is 0 Å². The first-order chi connectivity index (χ1) is 12.6. The van der Waals surface area contributed by atoms with E-state index in [1.165, 1.54) is 12.1 Å². The maximum absolute atomic E-state index is 12.1. The first-order valence-electron chi connectivity index (χ1n) is 8.81. The lowest BCUT2D eigenvalue weighted by Crippen LogP contribution is -2.50. The van der Waals surface area contributed by atoms with Crippen molar-refractivity contribution in [1.29, 1.82) is 0 Å². The smallest absolute Gasteiger partial charge is 0.410 e. The van der Waals surface area contributed by atoms with Gasteiger partial charge in [-0.1, -0.05) is 0 Å². The summed E-state index contributed by atoms with van der Waals surface area (Å²) in [4.78, 5) is 38.4. The van der Waals surface area contributed by atoms with E-state index in [0.29, 0.717) is 31.9 Å². The van der Waals surface area contributed by atoms with Crippen LogP contribution in [-0.2, 0) is 9.47 Å². The Balaban J connectivity index is 2.11. The number of nitro benzene ring substituents is 1. The summed E-state index contributed by atoms with van der Waals surface area (Å²) in [6, 6.07) is 4.38. The predicted molar refractivity (Wildman–Crippen MR) is 99.1 cm³/mol. The lowest BCUT2D eigenvalue weighted by atomic mass is 10.1. The molecule has 1 aliphatic rings. The number of anilines is 1. The van der Waals surface area contributed by atoms with Crippen LogP contribution in [0.2, 0.25) is 0 Å². The number of hydrogen-bond donors (Lipinski definition) is 0. The summed E-state index contributed by atoms with van der Waals surface area (Å²) >= 11 is 0. The third-order valence-corrected chi connectivity index (χ3v) is 3.97. The first-order valence-corrected chi connectivity index (χ1v) is 8.81. The summed E-state index contributed by atoms with van der Waals surface area (Å²) in [5.74, 6) is -0.724. The summed E-state index contributed by atoms with van der Waals surface area (Å²) in [6.45, 7) is 9.19. The summed E-state index contributed by atoms with van der Waals surface area (Å²) in [6.07, 6.45) is -0.363. The number of nitrogens with zero attached hydrogens (tertiary/aromatic N) is 3. The van der Waals surface area contributed by atoms with Crippen molar-refractivity contribution in [3.8, 4) is 0 Å². The monoisotopic (exact) mass is 379 g/mol. The number of hydrogen-bond acceptors (Lipinski definition) is 7. The van der Waals surface area contributed by atoms with E-state index in [9.17, 15) is 19.7 Å². The molecule has 0 radical (unpaired) electrons. The fourth-order valence-corrected chi connectivity index (χ4v) is 2.73. The van der Waals surface area contributed by atoms with Gasteiger partial charge in [0.2, 0.25) is 0 Å². The van der Waals surface area contributed by atoms with Gasteiger partial charge in [0.25, 0.3) is 5.69 Å². The maximum atomic E-state index is 12.1. The average molecular weight is 379 g/mol. The van der Waals surface area contributed by atoms with Crippen molar-refractivity contribution in [1.82, 2.24) is 4.90 Å². The van der Waals surface area contributed by atoms with Crippen LogP contribution in [-0.4, -0.2) is 60.3 Å². The van der Waals surface area contributed by atoms with Gasteiger partial charge in [0, 0.05) is 37.9 Å². The number of piperazine rings is 1. The molecule has 1 amide bonds. The normalized spacial score (nSPS) is 14.7. The van der Waals surface area contributed by atoms with Gasteiger partial charge in [0.15, 0.2) is 0 Å². The zero-order valence-corrected chi connectivity index (χ0v) is 16.1. The lowest BCUT2D eigenvalue weighted by Gasteiger charge is -2.36. The minimum Gasteiger partial charge on any atom is -0.462 e. The Morgan fingerprint density at radius 2 is 1.81 bits per heavy atom. The number of carbonyl (C=O) groups is 2. The van der Waals surface area contributed by atoms with Gasteiger partial charge in [-0.15, -0.1) is 0 Å². The SMILES string of the molecule is CCOC(=O)c1cc(N2CCN(C(=O)OC(C)(C)C)CC2)ccc1[N+](=O)[O-]. The van der Waals surface area contributed by atoms with Crippen molar-refractivity contribution < 1.29 is 24.0 Å². The van der Waals surface area contributed by atoms with E-state index in [4.69, 9.17) is 9.47 Å². The Kier molecular flexibility index (Phi) is 6.24. The van der Waals surface area contributed by atoms with Crippen molar-refractivity contribution in [3.63, 3.8) is 0 Å². The van der Waals surface area contributed by atoms with E-state index in [-0.39, 0.29) is 24.0 Å². The van der Waals surface area contributed by atoms with Crippen LogP contribution >= 0.6 is 0 Å². The number of amides is 1. The number of ether oxygens (including phenoxy) is 2. The van der Waals surface area contributed by atoms with E-state index < -0.39 is 16.5 Å². The minimum atomic E-state index is -0.724. The second kappa shape index (κ2) is 8.24. The Hall–Kier alpha value is -2.84. The molecule has 0 aliphatic carbocycles. The van der Waals surface area contributed by atoms with E-state index in [0.717, 1.165) is 0 Å². The Labute approximate surface area is 158 Å². The predicted octanol–water partition coefficient (Wildman–Crippen LogP) is 2.83. The van der Waals surface area contributed by atoms with Crippen LogP contribution in [0.3, 0.4) is 0 Å². The molecule has 0 spiro atoms. The van der Waals surface area contributed by atoms with Crippen LogP contribution in [0.1, 0.15) is 38.1 Å². The van der Waals surface area contributed by atoms with E-state index in [1.807, 2.05) is 25.7 Å². The molecular formula is C18H25N3O6. The molecule has 148 valence electrons. The van der Waals surface area contributed by atoms with Crippen LogP contribution in [0.25, 0.3) is 0 Å². The van der Waals surface area contributed by atoms with Crippen molar-refractivity contribution >= 4 is 23.4 Å². The summed E-state index contributed by atoms with van der Waals surface area (Å²) in [7, 11) is 0. The van der Waals surface area contributed by atoms with Gasteiger partial charge in [-0.05, 0) is 39.8 Å². The molecule has 1 fully saturated rings. The molecule has 1 aromatic carbocycles. The second-order valence-electron chi connectivity index (χ2n) is 7.13. The Bertz CT molecular complexity index is 720. The number of benzene rings is 1. The fraction of sp³-hybridized carbons (Fsp3) is 0.556. The molecule has 1 saturated heterocycles. The molecule has 9 nitrogen and oxygen atoms in total. The zero-order chi connectivity index (χ0) is 20.2. The van der Waals surface area contributed by atoms with Crippen LogP contribution in [0.4, 0.5) is 16.2 Å². The highest BCUT2D eigenvalue weighted by molar-refractivity contribution is 5.95. The van der Waals surface area contributed by atoms with Crippen molar-refractivity contribution in [3.05, 3.63) is 33.9 Å². The Morgan fingerprint density at radius 3 is 2.33 bits per heavy atom.